The van der Waals surface area contributed by atoms with Crippen molar-refractivity contribution in [2.45, 2.75) is 19.1 Å². The third kappa shape index (κ3) is 1.55. The molecule has 0 aliphatic carbocycles. The zero-order valence-electron chi connectivity index (χ0n) is 6.95. The highest BCUT2D eigenvalue weighted by Crippen LogP contribution is 2.14. The molecule has 2 aliphatic rings. The second-order valence-electron chi connectivity index (χ2n) is 3.37. The molecule has 11 heavy (non-hydrogen) atoms. The first-order valence-corrected chi connectivity index (χ1v) is 4.29. The van der Waals surface area contributed by atoms with Crippen LogP contribution in [0.1, 0.15) is 6.92 Å². The van der Waals surface area contributed by atoms with Gasteiger partial charge in [0.15, 0.2) is 0 Å². The molecule has 0 aromatic rings. The Morgan fingerprint density at radius 3 is 2.73 bits per heavy atom. The van der Waals surface area contributed by atoms with Crippen LogP contribution >= 0.6 is 0 Å². The maximum Gasteiger partial charge on any atom is 0.0674 e. The first-order valence-electron chi connectivity index (χ1n) is 4.29. The molecule has 0 aromatic carbocycles. The second kappa shape index (κ2) is 3.09. The fraction of sp³-hybridized carbons (Fsp3) is 1.00. The summed E-state index contributed by atoms with van der Waals surface area (Å²) in [7, 11) is 0. The zero-order chi connectivity index (χ0) is 7.68. The Kier molecular flexibility index (Phi) is 2.11. The molecule has 0 N–H and O–H groups in total. The second-order valence-corrected chi connectivity index (χ2v) is 3.37. The highest BCUT2D eigenvalue weighted by molar-refractivity contribution is 4.80. The van der Waals surface area contributed by atoms with Gasteiger partial charge in [0, 0.05) is 13.1 Å². The largest absolute Gasteiger partial charge is 0.378 e. The third-order valence-electron chi connectivity index (χ3n) is 2.41. The summed E-state index contributed by atoms with van der Waals surface area (Å²) in [5.41, 5.74) is 0. The molecule has 2 rings (SSSR count). The minimum Gasteiger partial charge on any atom is -0.378 e. The van der Waals surface area contributed by atoms with Gasteiger partial charge in [-0.25, -0.2) is 0 Å². The van der Waals surface area contributed by atoms with Crippen LogP contribution in [-0.2, 0) is 9.47 Å². The Morgan fingerprint density at radius 2 is 2.18 bits per heavy atom. The van der Waals surface area contributed by atoms with Crippen LogP contribution in [0.4, 0.5) is 0 Å². The maximum atomic E-state index is 5.44. The zero-order valence-corrected chi connectivity index (χ0v) is 6.95. The van der Waals surface area contributed by atoms with E-state index in [1.165, 1.54) is 0 Å². The lowest BCUT2D eigenvalue weighted by Crippen LogP contribution is -2.54. The normalized spacial score (nSPS) is 35.2. The van der Waals surface area contributed by atoms with E-state index in [1.807, 2.05) is 0 Å². The van der Waals surface area contributed by atoms with E-state index in [1.54, 1.807) is 0 Å². The van der Waals surface area contributed by atoms with E-state index >= 15 is 0 Å². The quantitative estimate of drug-likeness (QED) is 0.539. The van der Waals surface area contributed by atoms with Crippen molar-refractivity contribution in [1.29, 1.82) is 0 Å². The molecular formula is C8H15NO2. The van der Waals surface area contributed by atoms with Crippen LogP contribution in [0.3, 0.4) is 0 Å². The Morgan fingerprint density at radius 1 is 1.36 bits per heavy atom. The SMILES string of the molecule is C[C@H]1CN(C2COC2)CCO1. The summed E-state index contributed by atoms with van der Waals surface area (Å²) in [6.07, 6.45) is 0.407. The van der Waals surface area contributed by atoms with Crippen molar-refractivity contribution in [3.8, 4) is 0 Å². The summed E-state index contributed by atoms with van der Waals surface area (Å²) >= 11 is 0. The maximum absolute atomic E-state index is 5.44. The number of hydrogen-bond acceptors (Lipinski definition) is 3. The predicted molar refractivity (Wildman–Crippen MR) is 41.6 cm³/mol. The molecule has 0 unspecified atom stereocenters. The first-order chi connectivity index (χ1) is 5.36. The fourth-order valence-corrected chi connectivity index (χ4v) is 1.61. The highest BCUT2D eigenvalue weighted by Gasteiger charge is 2.28. The van der Waals surface area contributed by atoms with Crippen LogP contribution in [0.2, 0.25) is 0 Å². The molecule has 0 aromatic heterocycles. The van der Waals surface area contributed by atoms with Crippen LogP contribution in [0, 0.1) is 0 Å². The molecule has 0 spiro atoms. The van der Waals surface area contributed by atoms with Crippen molar-refractivity contribution in [2.24, 2.45) is 0 Å². The summed E-state index contributed by atoms with van der Waals surface area (Å²) in [6, 6.07) is 0.682. The fourth-order valence-electron chi connectivity index (χ4n) is 1.61. The molecule has 2 saturated heterocycles. The lowest BCUT2D eigenvalue weighted by atomic mass is 10.2. The Labute approximate surface area is 67.3 Å². The van der Waals surface area contributed by atoms with Gasteiger partial charge in [0.05, 0.1) is 32.0 Å². The van der Waals surface area contributed by atoms with E-state index in [2.05, 4.69) is 11.8 Å². The number of rotatable bonds is 1. The van der Waals surface area contributed by atoms with Gasteiger partial charge in [-0.1, -0.05) is 0 Å². The Balaban J connectivity index is 1.82. The average Bonchev–Trinajstić information content (AvgIpc) is 1.83. The van der Waals surface area contributed by atoms with Gasteiger partial charge in [0.25, 0.3) is 0 Å². The molecular weight excluding hydrogens is 142 g/mol. The van der Waals surface area contributed by atoms with Crippen LogP contribution in [0.25, 0.3) is 0 Å². The van der Waals surface area contributed by atoms with E-state index < -0.39 is 0 Å². The first kappa shape index (κ1) is 7.53. The van der Waals surface area contributed by atoms with E-state index in [4.69, 9.17) is 9.47 Å². The lowest BCUT2D eigenvalue weighted by Gasteiger charge is -2.41. The Bertz CT molecular complexity index is 136. The summed E-state index contributed by atoms with van der Waals surface area (Å²) in [5, 5.41) is 0. The van der Waals surface area contributed by atoms with Gasteiger partial charge < -0.3 is 9.47 Å². The van der Waals surface area contributed by atoms with Gasteiger partial charge in [-0.2, -0.15) is 0 Å². The number of morpholine rings is 1. The van der Waals surface area contributed by atoms with Crippen molar-refractivity contribution in [3.63, 3.8) is 0 Å². The van der Waals surface area contributed by atoms with Crippen molar-refractivity contribution >= 4 is 0 Å². The minimum absolute atomic E-state index is 0.407. The molecule has 1 atom stereocenters. The molecule has 2 aliphatic heterocycles. The van der Waals surface area contributed by atoms with E-state index in [-0.39, 0.29) is 0 Å². The van der Waals surface area contributed by atoms with Crippen LogP contribution in [0.15, 0.2) is 0 Å². The Hall–Kier alpha value is -0.120. The number of hydrogen-bond donors (Lipinski definition) is 0. The van der Waals surface area contributed by atoms with E-state index in [0.29, 0.717) is 12.1 Å². The van der Waals surface area contributed by atoms with Gasteiger partial charge in [0.1, 0.15) is 0 Å². The summed E-state index contributed by atoms with van der Waals surface area (Å²) in [4.78, 5) is 2.47. The summed E-state index contributed by atoms with van der Waals surface area (Å²) < 4.78 is 10.6. The number of nitrogens with zero attached hydrogens (tertiary/aromatic N) is 1. The smallest absolute Gasteiger partial charge is 0.0674 e. The van der Waals surface area contributed by atoms with E-state index in [0.717, 1.165) is 32.9 Å². The topological polar surface area (TPSA) is 21.7 Å². The molecule has 3 heteroatoms. The molecule has 0 amide bonds. The molecule has 3 nitrogen and oxygen atoms in total. The van der Waals surface area contributed by atoms with Gasteiger partial charge in [-0.05, 0) is 6.92 Å². The van der Waals surface area contributed by atoms with Crippen molar-refractivity contribution in [3.05, 3.63) is 0 Å². The molecule has 2 fully saturated rings. The molecule has 0 saturated carbocycles. The minimum atomic E-state index is 0.407. The monoisotopic (exact) mass is 157 g/mol. The van der Waals surface area contributed by atoms with Gasteiger partial charge in [-0.15, -0.1) is 0 Å². The molecule has 2 heterocycles. The highest BCUT2D eigenvalue weighted by atomic mass is 16.5. The molecule has 64 valence electrons. The van der Waals surface area contributed by atoms with Gasteiger partial charge >= 0.3 is 0 Å². The third-order valence-corrected chi connectivity index (χ3v) is 2.41. The van der Waals surface area contributed by atoms with Crippen LogP contribution in [0.5, 0.6) is 0 Å². The number of ether oxygens (including phenoxy) is 2. The van der Waals surface area contributed by atoms with Crippen LogP contribution < -0.4 is 0 Å². The lowest BCUT2D eigenvalue weighted by molar-refractivity contribution is -0.110. The standard InChI is InChI=1S/C8H15NO2/c1-7-4-9(2-3-11-7)8-5-10-6-8/h7-8H,2-6H2,1H3/t7-/m0/s1. The average molecular weight is 157 g/mol. The predicted octanol–water partition coefficient (Wildman–Crippen LogP) is 0.106. The summed E-state index contributed by atoms with van der Waals surface area (Å²) in [6.45, 7) is 7.02. The molecule has 0 radical (unpaired) electrons. The van der Waals surface area contributed by atoms with Crippen LogP contribution in [-0.4, -0.2) is 50.0 Å². The van der Waals surface area contributed by atoms with E-state index in [9.17, 15) is 0 Å². The van der Waals surface area contributed by atoms with Crippen molar-refractivity contribution in [1.82, 2.24) is 4.90 Å². The van der Waals surface area contributed by atoms with Gasteiger partial charge in [0.2, 0.25) is 0 Å². The molecule has 0 bridgehead atoms. The van der Waals surface area contributed by atoms with Crippen molar-refractivity contribution < 1.29 is 9.47 Å². The van der Waals surface area contributed by atoms with Gasteiger partial charge in [-0.3, -0.25) is 4.90 Å². The van der Waals surface area contributed by atoms with Crippen molar-refractivity contribution in [2.75, 3.05) is 32.9 Å². The summed E-state index contributed by atoms with van der Waals surface area (Å²) in [5.74, 6) is 0.